The molecule has 110 valence electrons. The predicted molar refractivity (Wildman–Crippen MR) is 81.9 cm³/mol. The largest absolute Gasteiger partial charge is 0.388 e. The van der Waals surface area contributed by atoms with Crippen molar-refractivity contribution < 1.29 is 10.0 Å². The van der Waals surface area contributed by atoms with Crippen LogP contribution in [0.5, 0.6) is 0 Å². The molecule has 0 bridgehead atoms. The lowest BCUT2D eigenvalue weighted by Crippen LogP contribution is -2.41. The molecule has 0 radical (unpaired) electrons. The Kier molecular flexibility index (Phi) is 4.65. The molecule has 6 heteroatoms. The van der Waals surface area contributed by atoms with E-state index in [4.69, 9.17) is 0 Å². The highest BCUT2D eigenvalue weighted by molar-refractivity contribution is 9.10. The first kappa shape index (κ1) is 15.3. The molecular weight excluding hydrogens is 324 g/mol. The van der Waals surface area contributed by atoms with Gasteiger partial charge < -0.3 is 10.4 Å². The summed E-state index contributed by atoms with van der Waals surface area (Å²) in [6.07, 6.45) is 3.62. The number of nitrogens with zero attached hydrogens (tertiary/aromatic N) is 1. The molecule has 0 aliphatic heterocycles. The van der Waals surface area contributed by atoms with Crippen molar-refractivity contribution >= 4 is 27.3 Å². The molecule has 2 N–H and O–H groups in total. The third-order valence-electron chi connectivity index (χ3n) is 3.83. The summed E-state index contributed by atoms with van der Waals surface area (Å²) >= 11 is 3.31. The third-order valence-corrected chi connectivity index (χ3v) is 4.32. The molecule has 2 atom stereocenters. The van der Waals surface area contributed by atoms with Crippen LogP contribution in [-0.2, 0) is 0 Å². The average Bonchev–Trinajstić information content (AvgIpc) is 2.36. The van der Waals surface area contributed by atoms with Gasteiger partial charge in [0.05, 0.1) is 10.5 Å². The lowest BCUT2D eigenvalue weighted by atomic mass is 9.79. The Labute approximate surface area is 126 Å². The van der Waals surface area contributed by atoms with Crippen LogP contribution in [0.2, 0.25) is 0 Å². The Balaban J connectivity index is 2.10. The SMILES string of the molecule is CC1CCCC(O)(CNc2cc(Br)ccc2[N+](=O)[O-])C1. The normalized spacial score (nSPS) is 26.2. The molecule has 1 aliphatic carbocycles. The molecule has 0 spiro atoms. The van der Waals surface area contributed by atoms with Crippen LogP contribution in [0, 0.1) is 16.0 Å². The van der Waals surface area contributed by atoms with Gasteiger partial charge in [-0.05, 0) is 30.9 Å². The predicted octanol–water partition coefficient (Wildman–Crippen LogP) is 3.71. The summed E-state index contributed by atoms with van der Waals surface area (Å²) in [5, 5.41) is 24.6. The Morgan fingerprint density at radius 1 is 1.60 bits per heavy atom. The standard InChI is InChI=1S/C14H19BrN2O3/c1-10-3-2-6-14(18,8-10)9-16-12-7-11(15)4-5-13(12)17(19)20/h4-5,7,10,16,18H,2-3,6,8-9H2,1H3. The van der Waals surface area contributed by atoms with E-state index in [-0.39, 0.29) is 5.69 Å². The summed E-state index contributed by atoms with van der Waals surface area (Å²) in [5.74, 6) is 0.494. The molecule has 0 amide bonds. The molecule has 1 aromatic carbocycles. The number of benzene rings is 1. The first-order chi connectivity index (χ1) is 9.39. The van der Waals surface area contributed by atoms with E-state index in [2.05, 4.69) is 28.2 Å². The van der Waals surface area contributed by atoms with E-state index in [9.17, 15) is 15.2 Å². The second kappa shape index (κ2) is 6.10. The minimum atomic E-state index is -0.770. The van der Waals surface area contributed by atoms with Crippen molar-refractivity contribution in [2.75, 3.05) is 11.9 Å². The van der Waals surface area contributed by atoms with Crippen LogP contribution in [-0.4, -0.2) is 22.2 Å². The fraction of sp³-hybridized carbons (Fsp3) is 0.571. The van der Waals surface area contributed by atoms with Crippen LogP contribution in [0.3, 0.4) is 0 Å². The van der Waals surface area contributed by atoms with Gasteiger partial charge in [0, 0.05) is 17.1 Å². The Morgan fingerprint density at radius 3 is 3.00 bits per heavy atom. The topological polar surface area (TPSA) is 75.4 Å². The van der Waals surface area contributed by atoms with Gasteiger partial charge in [0.1, 0.15) is 5.69 Å². The zero-order valence-electron chi connectivity index (χ0n) is 11.4. The van der Waals surface area contributed by atoms with Crippen LogP contribution in [0.15, 0.2) is 22.7 Å². The second-order valence-electron chi connectivity index (χ2n) is 5.70. The van der Waals surface area contributed by atoms with Crippen molar-refractivity contribution in [2.45, 2.75) is 38.2 Å². The minimum Gasteiger partial charge on any atom is -0.388 e. The molecule has 2 unspecified atom stereocenters. The van der Waals surface area contributed by atoms with Gasteiger partial charge in [0.2, 0.25) is 0 Å². The van der Waals surface area contributed by atoms with E-state index < -0.39 is 10.5 Å². The van der Waals surface area contributed by atoms with Gasteiger partial charge in [0.15, 0.2) is 0 Å². The average molecular weight is 343 g/mol. The van der Waals surface area contributed by atoms with Crippen molar-refractivity contribution in [3.63, 3.8) is 0 Å². The number of anilines is 1. The minimum absolute atomic E-state index is 0.0284. The van der Waals surface area contributed by atoms with Crippen LogP contribution in [0.4, 0.5) is 11.4 Å². The maximum Gasteiger partial charge on any atom is 0.292 e. The van der Waals surface area contributed by atoms with E-state index in [1.54, 1.807) is 12.1 Å². The molecule has 1 aliphatic rings. The van der Waals surface area contributed by atoms with Gasteiger partial charge >= 0.3 is 0 Å². The molecule has 0 heterocycles. The van der Waals surface area contributed by atoms with E-state index >= 15 is 0 Å². The fourth-order valence-electron chi connectivity index (χ4n) is 2.86. The highest BCUT2D eigenvalue weighted by atomic mass is 79.9. The van der Waals surface area contributed by atoms with Crippen LogP contribution in [0.25, 0.3) is 0 Å². The molecule has 0 saturated heterocycles. The Hall–Kier alpha value is -1.14. The van der Waals surface area contributed by atoms with Crippen molar-refractivity contribution in [1.29, 1.82) is 0 Å². The van der Waals surface area contributed by atoms with Gasteiger partial charge in [-0.1, -0.05) is 35.7 Å². The summed E-state index contributed by atoms with van der Waals surface area (Å²) in [6, 6.07) is 4.77. The smallest absolute Gasteiger partial charge is 0.292 e. The van der Waals surface area contributed by atoms with Crippen molar-refractivity contribution in [1.82, 2.24) is 0 Å². The second-order valence-corrected chi connectivity index (χ2v) is 6.61. The van der Waals surface area contributed by atoms with E-state index in [1.807, 2.05) is 0 Å². The Bertz CT molecular complexity index is 509. The Morgan fingerprint density at radius 2 is 2.35 bits per heavy atom. The van der Waals surface area contributed by atoms with Crippen LogP contribution < -0.4 is 5.32 Å². The number of nitrogens with one attached hydrogen (secondary N) is 1. The van der Waals surface area contributed by atoms with Gasteiger partial charge in [0.25, 0.3) is 5.69 Å². The van der Waals surface area contributed by atoms with Gasteiger partial charge in [-0.25, -0.2) is 0 Å². The van der Waals surface area contributed by atoms with Crippen molar-refractivity contribution in [3.05, 3.63) is 32.8 Å². The van der Waals surface area contributed by atoms with Crippen molar-refractivity contribution in [3.8, 4) is 0 Å². The number of hydrogen-bond acceptors (Lipinski definition) is 4. The number of nitro benzene ring substituents is 1. The van der Waals surface area contributed by atoms with Gasteiger partial charge in [-0.2, -0.15) is 0 Å². The molecule has 1 fully saturated rings. The third kappa shape index (κ3) is 3.70. The highest BCUT2D eigenvalue weighted by Gasteiger charge is 2.32. The number of aliphatic hydroxyl groups is 1. The molecule has 20 heavy (non-hydrogen) atoms. The molecule has 5 nitrogen and oxygen atoms in total. The lowest BCUT2D eigenvalue weighted by molar-refractivity contribution is -0.384. The molecule has 2 rings (SSSR count). The molecule has 0 aromatic heterocycles. The lowest BCUT2D eigenvalue weighted by Gasteiger charge is -2.35. The quantitative estimate of drug-likeness (QED) is 0.645. The monoisotopic (exact) mass is 342 g/mol. The summed E-state index contributed by atoms with van der Waals surface area (Å²) in [6.45, 7) is 2.47. The molecule has 1 saturated carbocycles. The van der Waals surface area contributed by atoms with Crippen LogP contribution >= 0.6 is 15.9 Å². The number of hydrogen-bond donors (Lipinski definition) is 2. The summed E-state index contributed by atoms with van der Waals surface area (Å²) in [5.41, 5.74) is -0.301. The van der Waals surface area contributed by atoms with E-state index in [1.165, 1.54) is 6.07 Å². The first-order valence-corrected chi connectivity index (χ1v) is 7.59. The fourth-order valence-corrected chi connectivity index (χ4v) is 3.22. The number of nitro groups is 1. The van der Waals surface area contributed by atoms with Crippen molar-refractivity contribution in [2.24, 2.45) is 5.92 Å². The molecule has 1 aromatic rings. The number of rotatable bonds is 4. The summed E-state index contributed by atoms with van der Waals surface area (Å²) in [7, 11) is 0. The maximum absolute atomic E-state index is 11.0. The highest BCUT2D eigenvalue weighted by Crippen LogP contribution is 2.34. The zero-order valence-corrected chi connectivity index (χ0v) is 13.0. The van der Waals surface area contributed by atoms with Gasteiger partial charge in [-0.3, -0.25) is 10.1 Å². The summed E-state index contributed by atoms with van der Waals surface area (Å²) < 4.78 is 0.773. The van der Waals surface area contributed by atoms with E-state index in [0.717, 1.165) is 30.2 Å². The van der Waals surface area contributed by atoms with E-state index in [0.29, 0.717) is 18.2 Å². The maximum atomic E-state index is 11.0. The zero-order chi connectivity index (χ0) is 14.8. The van der Waals surface area contributed by atoms with Crippen LogP contribution in [0.1, 0.15) is 32.6 Å². The number of halogens is 1. The molecular formula is C14H19BrN2O3. The van der Waals surface area contributed by atoms with Gasteiger partial charge in [-0.15, -0.1) is 0 Å². The first-order valence-electron chi connectivity index (χ1n) is 6.80. The summed E-state index contributed by atoms with van der Waals surface area (Å²) in [4.78, 5) is 10.6.